The molecule has 6 nitrogen and oxygen atoms in total. The molecule has 0 aromatic heterocycles. The number of non-ortho nitro benzene ring substituents is 1. The lowest BCUT2D eigenvalue weighted by atomic mass is 9.80. The van der Waals surface area contributed by atoms with E-state index in [1.54, 1.807) is 18.2 Å². The van der Waals surface area contributed by atoms with E-state index in [4.69, 9.17) is 0 Å². The van der Waals surface area contributed by atoms with Crippen LogP contribution in [0.5, 0.6) is 0 Å². The molecule has 1 amide bonds. The molecule has 1 saturated heterocycles. The molecule has 0 radical (unpaired) electrons. The standard InChI is InChI=1S/C21H22FN3O3/c22-16-5-3-4-14(10-16)13-23-21(26)18-12-15-11-17(25(27)28)7-8-19(15)24-9-2-1-6-20(18)24/h3-5,7-8,10-11,18,20H,1-2,6,9,12-13H2,(H,23,26)/t18-,20-/m0/s1. The first-order chi connectivity index (χ1) is 13.5. The maximum Gasteiger partial charge on any atom is 0.269 e. The molecular formula is C21H22FN3O3. The Morgan fingerprint density at radius 2 is 2.11 bits per heavy atom. The van der Waals surface area contributed by atoms with Crippen LogP contribution in [-0.2, 0) is 17.8 Å². The van der Waals surface area contributed by atoms with Crippen molar-refractivity contribution in [1.29, 1.82) is 0 Å². The summed E-state index contributed by atoms with van der Waals surface area (Å²) >= 11 is 0. The van der Waals surface area contributed by atoms with Crippen LogP contribution in [0.25, 0.3) is 0 Å². The molecule has 2 aliphatic heterocycles. The SMILES string of the molecule is O=C(NCc1cccc(F)c1)[C@H]1Cc2cc([N+](=O)[O-])ccc2N2CCCC[C@@H]12. The fourth-order valence-electron chi connectivity index (χ4n) is 4.41. The highest BCUT2D eigenvalue weighted by atomic mass is 19.1. The number of nitrogens with one attached hydrogen (secondary N) is 1. The summed E-state index contributed by atoms with van der Waals surface area (Å²) in [5.74, 6) is -0.689. The first-order valence-electron chi connectivity index (χ1n) is 9.59. The summed E-state index contributed by atoms with van der Waals surface area (Å²) in [6.07, 6.45) is 3.52. The van der Waals surface area contributed by atoms with Crippen molar-refractivity contribution in [2.45, 2.75) is 38.3 Å². The number of hydrogen-bond acceptors (Lipinski definition) is 4. The Balaban J connectivity index is 1.56. The molecule has 2 aliphatic rings. The van der Waals surface area contributed by atoms with Crippen LogP contribution in [0.1, 0.15) is 30.4 Å². The van der Waals surface area contributed by atoms with Gasteiger partial charge in [0.2, 0.25) is 5.91 Å². The number of nitro groups is 1. The second-order valence-electron chi connectivity index (χ2n) is 7.48. The second kappa shape index (κ2) is 7.58. The molecule has 0 unspecified atom stereocenters. The second-order valence-corrected chi connectivity index (χ2v) is 7.48. The number of amides is 1. The summed E-state index contributed by atoms with van der Waals surface area (Å²) in [7, 11) is 0. The van der Waals surface area contributed by atoms with E-state index < -0.39 is 4.92 Å². The summed E-state index contributed by atoms with van der Waals surface area (Å²) in [4.78, 5) is 26.0. The van der Waals surface area contributed by atoms with Gasteiger partial charge < -0.3 is 10.2 Å². The molecule has 1 N–H and O–H groups in total. The molecule has 0 spiro atoms. The Bertz CT molecular complexity index is 918. The van der Waals surface area contributed by atoms with E-state index in [2.05, 4.69) is 10.2 Å². The van der Waals surface area contributed by atoms with Crippen LogP contribution in [0.2, 0.25) is 0 Å². The van der Waals surface area contributed by atoms with Crippen LogP contribution in [0.4, 0.5) is 15.8 Å². The van der Waals surface area contributed by atoms with E-state index in [1.165, 1.54) is 18.2 Å². The van der Waals surface area contributed by atoms with Crippen LogP contribution >= 0.6 is 0 Å². The molecule has 2 aromatic rings. The van der Waals surface area contributed by atoms with Crippen molar-refractivity contribution in [2.24, 2.45) is 5.92 Å². The van der Waals surface area contributed by atoms with Gasteiger partial charge in [0.05, 0.1) is 10.8 Å². The molecule has 4 rings (SSSR count). The predicted octanol–water partition coefficient (Wildman–Crippen LogP) is 3.58. The highest BCUT2D eigenvalue weighted by molar-refractivity contribution is 5.82. The quantitative estimate of drug-likeness (QED) is 0.647. The molecule has 1 fully saturated rings. The zero-order valence-electron chi connectivity index (χ0n) is 15.4. The number of nitro benzene ring substituents is 1. The minimum Gasteiger partial charge on any atom is -0.368 e. The van der Waals surface area contributed by atoms with E-state index in [9.17, 15) is 19.3 Å². The van der Waals surface area contributed by atoms with E-state index >= 15 is 0 Å². The van der Waals surface area contributed by atoms with Crippen LogP contribution in [0, 0.1) is 21.8 Å². The van der Waals surface area contributed by atoms with Crippen LogP contribution < -0.4 is 10.2 Å². The smallest absolute Gasteiger partial charge is 0.269 e. The van der Waals surface area contributed by atoms with Crippen molar-refractivity contribution >= 4 is 17.3 Å². The van der Waals surface area contributed by atoms with Gasteiger partial charge in [-0.15, -0.1) is 0 Å². The molecule has 0 bridgehead atoms. The average Bonchev–Trinajstić information content (AvgIpc) is 2.71. The maximum absolute atomic E-state index is 13.4. The average molecular weight is 383 g/mol. The van der Waals surface area contributed by atoms with Gasteiger partial charge in [-0.05, 0) is 55.0 Å². The lowest BCUT2D eigenvalue weighted by Crippen LogP contribution is -2.53. The van der Waals surface area contributed by atoms with E-state index in [0.717, 1.165) is 37.1 Å². The van der Waals surface area contributed by atoms with E-state index in [0.29, 0.717) is 12.0 Å². The summed E-state index contributed by atoms with van der Waals surface area (Å²) in [5, 5.41) is 14.1. The minimum absolute atomic E-state index is 0.0492. The molecule has 2 atom stereocenters. The number of fused-ring (bicyclic) bond motifs is 3. The Kier molecular flexibility index (Phi) is 4.98. The largest absolute Gasteiger partial charge is 0.368 e. The van der Waals surface area contributed by atoms with Crippen molar-refractivity contribution < 1.29 is 14.1 Å². The number of benzene rings is 2. The molecule has 2 heterocycles. The lowest BCUT2D eigenvalue weighted by molar-refractivity contribution is -0.384. The van der Waals surface area contributed by atoms with Crippen molar-refractivity contribution in [3.63, 3.8) is 0 Å². The van der Waals surface area contributed by atoms with Gasteiger partial charge in [0.1, 0.15) is 5.82 Å². The van der Waals surface area contributed by atoms with Crippen molar-refractivity contribution in [1.82, 2.24) is 5.32 Å². The number of halogens is 1. The molecule has 2 aromatic carbocycles. The van der Waals surface area contributed by atoms with Gasteiger partial charge in [-0.3, -0.25) is 14.9 Å². The Hall–Kier alpha value is -2.96. The number of nitrogens with zero attached hydrogens (tertiary/aromatic N) is 2. The summed E-state index contributed by atoms with van der Waals surface area (Å²) in [6, 6.07) is 11.2. The highest BCUT2D eigenvalue weighted by Crippen LogP contribution is 2.39. The minimum atomic E-state index is -0.401. The number of piperidine rings is 1. The monoisotopic (exact) mass is 383 g/mol. The summed E-state index contributed by atoms with van der Waals surface area (Å²) in [6.45, 7) is 1.12. The maximum atomic E-state index is 13.4. The third-order valence-corrected chi connectivity index (χ3v) is 5.73. The third kappa shape index (κ3) is 3.56. The van der Waals surface area contributed by atoms with Gasteiger partial charge in [-0.25, -0.2) is 4.39 Å². The topological polar surface area (TPSA) is 75.5 Å². The van der Waals surface area contributed by atoms with Gasteiger partial charge in [0.15, 0.2) is 0 Å². The fourth-order valence-corrected chi connectivity index (χ4v) is 4.41. The number of carbonyl (C=O) groups excluding carboxylic acids is 1. The van der Waals surface area contributed by atoms with Crippen LogP contribution in [0.3, 0.4) is 0 Å². The van der Waals surface area contributed by atoms with Gasteiger partial charge in [-0.2, -0.15) is 0 Å². The lowest BCUT2D eigenvalue weighted by Gasteiger charge is -2.45. The molecule has 0 aliphatic carbocycles. The summed E-state index contributed by atoms with van der Waals surface area (Å²) < 4.78 is 13.4. The Morgan fingerprint density at radius 3 is 2.89 bits per heavy atom. The number of hydrogen-bond donors (Lipinski definition) is 1. The van der Waals surface area contributed by atoms with Crippen LogP contribution in [0.15, 0.2) is 42.5 Å². The summed E-state index contributed by atoms with van der Waals surface area (Å²) in [5.41, 5.74) is 2.61. The molecule has 0 saturated carbocycles. The highest BCUT2D eigenvalue weighted by Gasteiger charge is 2.39. The zero-order valence-corrected chi connectivity index (χ0v) is 15.4. The van der Waals surface area contributed by atoms with Crippen LogP contribution in [-0.4, -0.2) is 23.4 Å². The van der Waals surface area contributed by atoms with Gasteiger partial charge in [0, 0.05) is 37.0 Å². The predicted molar refractivity (Wildman–Crippen MR) is 104 cm³/mol. The normalized spacial score (nSPS) is 20.8. The molecule has 7 heteroatoms. The van der Waals surface area contributed by atoms with Crippen molar-refractivity contribution in [3.8, 4) is 0 Å². The molecular weight excluding hydrogens is 361 g/mol. The number of rotatable bonds is 4. The van der Waals surface area contributed by atoms with Gasteiger partial charge in [0.25, 0.3) is 5.69 Å². The van der Waals surface area contributed by atoms with Gasteiger partial charge >= 0.3 is 0 Å². The fraction of sp³-hybridized carbons (Fsp3) is 0.381. The number of anilines is 1. The zero-order chi connectivity index (χ0) is 19.7. The first-order valence-corrected chi connectivity index (χ1v) is 9.59. The Morgan fingerprint density at radius 1 is 1.25 bits per heavy atom. The van der Waals surface area contributed by atoms with E-state index in [1.807, 2.05) is 6.07 Å². The van der Waals surface area contributed by atoms with E-state index in [-0.39, 0.29) is 35.9 Å². The van der Waals surface area contributed by atoms with Crippen molar-refractivity contribution in [2.75, 3.05) is 11.4 Å². The molecule has 28 heavy (non-hydrogen) atoms. The van der Waals surface area contributed by atoms with Crippen molar-refractivity contribution in [3.05, 3.63) is 69.5 Å². The number of carbonyl (C=O) groups is 1. The first kappa shape index (κ1) is 18.4. The molecule has 146 valence electrons. The van der Waals surface area contributed by atoms with Gasteiger partial charge in [-0.1, -0.05) is 12.1 Å². The Labute approximate surface area is 162 Å². The third-order valence-electron chi connectivity index (χ3n) is 5.73.